The maximum Gasteiger partial charge on any atom is 0.224 e. The molecule has 1 aliphatic heterocycles. The van der Waals surface area contributed by atoms with Gasteiger partial charge in [-0.25, -0.2) is 0 Å². The van der Waals surface area contributed by atoms with Crippen LogP contribution in [0.5, 0.6) is 0 Å². The molecule has 5 nitrogen and oxygen atoms in total. The van der Waals surface area contributed by atoms with E-state index in [1.807, 2.05) is 26.0 Å². The summed E-state index contributed by atoms with van der Waals surface area (Å²) in [4.78, 5) is 15.6. The number of aromatic nitrogens is 1. The predicted octanol–water partition coefficient (Wildman–Crippen LogP) is 1.19. The van der Waals surface area contributed by atoms with Gasteiger partial charge in [0.25, 0.3) is 0 Å². The number of nitrogens with one attached hydrogen (secondary N) is 1. The van der Waals surface area contributed by atoms with E-state index in [1.165, 1.54) is 0 Å². The van der Waals surface area contributed by atoms with Gasteiger partial charge in [0, 0.05) is 13.2 Å². The summed E-state index contributed by atoms with van der Waals surface area (Å²) in [5, 5.41) is 2.58. The molecule has 98 valence electrons. The van der Waals surface area contributed by atoms with Crippen molar-refractivity contribution in [3.8, 4) is 0 Å². The second kappa shape index (κ2) is 5.04. The van der Waals surface area contributed by atoms with Crippen molar-refractivity contribution in [1.29, 1.82) is 0 Å². The van der Waals surface area contributed by atoms with Crippen molar-refractivity contribution >= 4 is 5.91 Å². The Hall–Kier alpha value is -1.46. The van der Waals surface area contributed by atoms with Crippen LogP contribution in [0, 0.1) is 0 Å². The smallest absolute Gasteiger partial charge is 0.224 e. The van der Waals surface area contributed by atoms with Crippen LogP contribution in [0.15, 0.2) is 18.3 Å². The number of amides is 1. The minimum atomic E-state index is -0.548. The van der Waals surface area contributed by atoms with Gasteiger partial charge in [0.1, 0.15) is 6.10 Å². The second-order valence-corrected chi connectivity index (χ2v) is 4.76. The van der Waals surface area contributed by atoms with E-state index in [4.69, 9.17) is 9.47 Å². The zero-order valence-electron chi connectivity index (χ0n) is 10.9. The molecule has 0 radical (unpaired) electrons. The van der Waals surface area contributed by atoms with E-state index in [1.54, 1.807) is 13.2 Å². The fraction of sp³-hybridized carbons (Fsp3) is 0.538. The van der Waals surface area contributed by atoms with Crippen LogP contribution >= 0.6 is 0 Å². The highest BCUT2D eigenvalue weighted by Crippen LogP contribution is 2.31. The average Bonchev–Trinajstić information content (AvgIpc) is 2.70. The number of carbonyl (C=O) groups is 1. The Bertz CT molecular complexity index is 428. The molecule has 1 amide bonds. The number of likely N-dealkylation sites (N-methyl/N-ethyl adjacent to an activating group) is 1. The van der Waals surface area contributed by atoms with Crippen LogP contribution in [-0.2, 0) is 20.7 Å². The molecule has 1 aromatic rings. The van der Waals surface area contributed by atoms with Crippen molar-refractivity contribution in [2.24, 2.45) is 0 Å². The molecule has 18 heavy (non-hydrogen) atoms. The number of ether oxygens (including phenoxy) is 2. The van der Waals surface area contributed by atoms with Crippen molar-refractivity contribution in [2.45, 2.75) is 32.2 Å². The normalized spacial score (nSPS) is 21.8. The standard InChI is InChI=1S/C13H18N2O3/c1-13(2)17-8-11(18-13)10-5-4-9(7-15-10)6-12(16)14-3/h4-5,7,11H,6,8H2,1-3H3,(H,14,16). The van der Waals surface area contributed by atoms with Crippen LogP contribution in [0.4, 0.5) is 0 Å². The van der Waals surface area contributed by atoms with Gasteiger partial charge in [-0.05, 0) is 25.5 Å². The summed E-state index contributed by atoms with van der Waals surface area (Å²) in [5.74, 6) is -0.571. The van der Waals surface area contributed by atoms with Crippen molar-refractivity contribution in [1.82, 2.24) is 10.3 Å². The van der Waals surface area contributed by atoms with Crippen LogP contribution < -0.4 is 5.32 Å². The SMILES string of the molecule is CNC(=O)Cc1ccc(C2COC(C)(C)O2)nc1. The van der Waals surface area contributed by atoms with Gasteiger partial charge in [-0.1, -0.05) is 6.07 Å². The molecule has 0 bridgehead atoms. The third-order valence-electron chi connectivity index (χ3n) is 2.83. The van der Waals surface area contributed by atoms with Crippen LogP contribution in [0.3, 0.4) is 0 Å². The first-order valence-corrected chi connectivity index (χ1v) is 5.97. The van der Waals surface area contributed by atoms with Crippen molar-refractivity contribution < 1.29 is 14.3 Å². The maximum atomic E-state index is 11.2. The number of rotatable bonds is 3. The molecule has 1 fully saturated rings. The predicted molar refractivity (Wildman–Crippen MR) is 65.9 cm³/mol. The summed E-state index contributed by atoms with van der Waals surface area (Å²) in [6.07, 6.45) is 1.92. The Morgan fingerprint density at radius 3 is 2.83 bits per heavy atom. The zero-order chi connectivity index (χ0) is 13.2. The topological polar surface area (TPSA) is 60.5 Å². The molecule has 1 atom stereocenters. The summed E-state index contributed by atoms with van der Waals surface area (Å²) in [5.41, 5.74) is 1.72. The molecule has 0 aliphatic carbocycles. The minimum Gasteiger partial charge on any atom is -0.359 e. The molecule has 5 heteroatoms. The first-order chi connectivity index (χ1) is 8.50. The maximum absolute atomic E-state index is 11.2. The average molecular weight is 250 g/mol. The van der Waals surface area contributed by atoms with Crippen LogP contribution in [0.1, 0.15) is 31.2 Å². The summed E-state index contributed by atoms with van der Waals surface area (Å²) < 4.78 is 11.2. The summed E-state index contributed by atoms with van der Waals surface area (Å²) in [6.45, 7) is 4.27. The Balaban J connectivity index is 2.02. The van der Waals surface area contributed by atoms with Crippen molar-refractivity contribution in [2.75, 3.05) is 13.7 Å². The lowest BCUT2D eigenvalue weighted by molar-refractivity contribution is -0.139. The lowest BCUT2D eigenvalue weighted by Gasteiger charge is -2.16. The van der Waals surface area contributed by atoms with Gasteiger partial charge in [-0.2, -0.15) is 0 Å². The molecule has 0 spiro atoms. The van der Waals surface area contributed by atoms with Gasteiger partial charge in [0.15, 0.2) is 5.79 Å². The largest absolute Gasteiger partial charge is 0.359 e. The Labute approximate surface area is 107 Å². The van der Waals surface area contributed by atoms with Crippen LogP contribution in [0.25, 0.3) is 0 Å². The zero-order valence-corrected chi connectivity index (χ0v) is 10.9. The van der Waals surface area contributed by atoms with E-state index in [0.717, 1.165) is 11.3 Å². The van der Waals surface area contributed by atoms with E-state index in [-0.39, 0.29) is 12.0 Å². The Morgan fingerprint density at radius 1 is 1.56 bits per heavy atom. The van der Waals surface area contributed by atoms with Crippen LogP contribution in [-0.4, -0.2) is 30.3 Å². The molecule has 1 aromatic heterocycles. The summed E-state index contributed by atoms with van der Waals surface area (Å²) >= 11 is 0. The number of nitrogens with zero attached hydrogens (tertiary/aromatic N) is 1. The number of pyridine rings is 1. The third-order valence-corrected chi connectivity index (χ3v) is 2.83. The van der Waals surface area contributed by atoms with Gasteiger partial charge >= 0.3 is 0 Å². The molecule has 1 saturated heterocycles. The lowest BCUT2D eigenvalue weighted by atomic mass is 10.1. The molecule has 0 saturated carbocycles. The fourth-order valence-corrected chi connectivity index (χ4v) is 1.84. The van der Waals surface area contributed by atoms with Crippen molar-refractivity contribution in [3.63, 3.8) is 0 Å². The summed E-state index contributed by atoms with van der Waals surface area (Å²) in [6, 6.07) is 3.78. The molecular weight excluding hydrogens is 232 g/mol. The third kappa shape index (κ3) is 3.05. The van der Waals surface area contributed by atoms with E-state index in [9.17, 15) is 4.79 Å². The van der Waals surface area contributed by atoms with E-state index in [2.05, 4.69) is 10.3 Å². The van der Waals surface area contributed by atoms with E-state index < -0.39 is 5.79 Å². The quantitative estimate of drug-likeness (QED) is 0.875. The number of hydrogen-bond donors (Lipinski definition) is 1. The monoisotopic (exact) mass is 250 g/mol. The Morgan fingerprint density at radius 2 is 2.33 bits per heavy atom. The molecule has 1 unspecified atom stereocenters. The van der Waals surface area contributed by atoms with Crippen molar-refractivity contribution in [3.05, 3.63) is 29.6 Å². The second-order valence-electron chi connectivity index (χ2n) is 4.76. The fourth-order valence-electron chi connectivity index (χ4n) is 1.84. The number of hydrogen-bond acceptors (Lipinski definition) is 4. The van der Waals surface area contributed by atoms with Gasteiger partial charge in [0.05, 0.1) is 18.7 Å². The molecule has 2 heterocycles. The highest BCUT2D eigenvalue weighted by atomic mass is 16.7. The van der Waals surface area contributed by atoms with Gasteiger partial charge in [0.2, 0.25) is 5.91 Å². The first-order valence-electron chi connectivity index (χ1n) is 5.97. The van der Waals surface area contributed by atoms with E-state index >= 15 is 0 Å². The minimum absolute atomic E-state index is 0.0221. The highest BCUT2D eigenvalue weighted by molar-refractivity contribution is 5.78. The van der Waals surface area contributed by atoms with E-state index in [0.29, 0.717) is 13.0 Å². The summed E-state index contributed by atoms with van der Waals surface area (Å²) in [7, 11) is 1.62. The molecule has 0 aromatic carbocycles. The Kier molecular flexibility index (Phi) is 3.63. The lowest BCUT2D eigenvalue weighted by Crippen LogP contribution is -2.20. The molecular formula is C13H18N2O3. The van der Waals surface area contributed by atoms with Gasteiger partial charge in [-0.3, -0.25) is 9.78 Å². The molecule has 1 N–H and O–H groups in total. The highest BCUT2D eigenvalue weighted by Gasteiger charge is 2.34. The van der Waals surface area contributed by atoms with Gasteiger partial charge in [-0.15, -0.1) is 0 Å². The first kappa shape index (κ1) is 13.0. The molecule has 1 aliphatic rings. The van der Waals surface area contributed by atoms with Crippen LogP contribution in [0.2, 0.25) is 0 Å². The van der Waals surface area contributed by atoms with Gasteiger partial charge < -0.3 is 14.8 Å². The number of carbonyl (C=O) groups excluding carboxylic acids is 1. The molecule has 2 rings (SSSR count).